The van der Waals surface area contributed by atoms with Gasteiger partial charge in [-0.2, -0.15) is 9.90 Å². The van der Waals surface area contributed by atoms with Crippen LogP contribution in [0.3, 0.4) is 0 Å². The van der Waals surface area contributed by atoms with E-state index in [1.165, 1.54) is 15.9 Å². The summed E-state index contributed by atoms with van der Waals surface area (Å²) >= 11 is 0. The first-order valence-electron chi connectivity index (χ1n) is 6.71. The Morgan fingerprint density at radius 1 is 1.29 bits per heavy atom. The van der Waals surface area contributed by atoms with Gasteiger partial charge in [-0.1, -0.05) is 18.2 Å². The number of carbonyl (C=O) groups excluding carboxylic acids is 2. The molecule has 0 radical (unpaired) electrons. The van der Waals surface area contributed by atoms with E-state index in [0.29, 0.717) is 13.0 Å². The molecule has 0 saturated carbocycles. The van der Waals surface area contributed by atoms with Crippen LogP contribution in [0.15, 0.2) is 36.5 Å². The van der Waals surface area contributed by atoms with Crippen LogP contribution in [0.4, 0.5) is 0 Å². The van der Waals surface area contributed by atoms with Crippen LogP contribution in [0.1, 0.15) is 16.9 Å². The van der Waals surface area contributed by atoms with Crippen molar-refractivity contribution in [3.63, 3.8) is 0 Å². The van der Waals surface area contributed by atoms with Gasteiger partial charge in [-0.25, -0.2) is 4.79 Å². The predicted molar refractivity (Wildman–Crippen MR) is 70.7 cm³/mol. The largest absolute Gasteiger partial charge is 0.459 e. The molecule has 3 heterocycles. The van der Waals surface area contributed by atoms with Gasteiger partial charge < -0.3 is 9.64 Å². The van der Waals surface area contributed by atoms with E-state index in [9.17, 15) is 9.59 Å². The minimum Gasteiger partial charge on any atom is -0.459 e. The lowest BCUT2D eigenvalue weighted by Gasteiger charge is -2.24. The predicted octanol–water partition coefficient (Wildman–Crippen LogP) is 0.407. The number of carbonyl (C=O) groups is 2. The van der Waals surface area contributed by atoms with Crippen molar-refractivity contribution in [2.75, 3.05) is 6.54 Å². The number of fused-ring (bicyclic) bond motifs is 2. The molecule has 21 heavy (non-hydrogen) atoms. The molecule has 2 aromatic rings. The molecule has 106 valence electrons. The topological polar surface area (TPSA) is 77.3 Å². The van der Waals surface area contributed by atoms with Crippen LogP contribution in [0.25, 0.3) is 5.69 Å². The van der Waals surface area contributed by atoms with Crippen molar-refractivity contribution >= 4 is 11.9 Å². The van der Waals surface area contributed by atoms with E-state index < -0.39 is 6.04 Å². The molecule has 2 aliphatic rings. The fraction of sp³-hybridized carbons (Fsp3) is 0.286. The molecule has 0 spiro atoms. The zero-order chi connectivity index (χ0) is 14.4. The molecule has 2 atom stereocenters. The second kappa shape index (κ2) is 4.41. The van der Waals surface area contributed by atoms with E-state index in [-0.39, 0.29) is 23.7 Å². The Labute approximate surface area is 120 Å². The second-order valence-electron chi connectivity index (χ2n) is 5.12. The van der Waals surface area contributed by atoms with Crippen molar-refractivity contribution in [1.29, 1.82) is 0 Å². The highest BCUT2D eigenvalue weighted by molar-refractivity contribution is 5.96. The number of esters is 1. The summed E-state index contributed by atoms with van der Waals surface area (Å²) in [5, 5.41) is 8.30. The molecule has 1 amide bonds. The molecule has 0 N–H and O–H groups in total. The van der Waals surface area contributed by atoms with Crippen molar-refractivity contribution in [1.82, 2.24) is 19.9 Å². The zero-order valence-corrected chi connectivity index (χ0v) is 11.0. The lowest BCUT2D eigenvalue weighted by atomic mass is 10.2. The molecular weight excluding hydrogens is 272 g/mol. The molecule has 0 unspecified atom stereocenters. The standard InChI is InChI=1S/C14H12N4O3/c19-13(17-8-10-6-12(17)14(20)21-10)11-7-15-18(16-11)9-4-2-1-3-5-9/h1-5,7,10,12H,6,8H2/t10-,12-/m1/s1. The van der Waals surface area contributed by atoms with Crippen molar-refractivity contribution in [2.24, 2.45) is 0 Å². The van der Waals surface area contributed by atoms with Crippen LogP contribution in [0, 0.1) is 0 Å². The summed E-state index contributed by atoms with van der Waals surface area (Å²) in [5.41, 5.74) is 1.01. The van der Waals surface area contributed by atoms with Crippen molar-refractivity contribution < 1.29 is 14.3 Å². The first-order valence-corrected chi connectivity index (χ1v) is 6.71. The van der Waals surface area contributed by atoms with Crippen LogP contribution >= 0.6 is 0 Å². The Morgan fingerprint density at radius 2 is 2.10 bits per heavy atom. The molecule has 1 aromatic carbocycles. The number of nitrogens with zero attached hydrogens (tertiary/aromatic N) is 4. The summed E-state index contributed by atoms with van der Waals surface area (Å²) in [6.45, 7) is 0.438. The highest BCUT2D eigenvalue weighted by Gasteiger charge is 2.49. The maximum absolute atomic E-state index is 12.4. The molecule has 2 aliphatic heterocycles. The van der Waals surface area contributed by atoms with Crippen LogP contribution in [-0.2, 0) is 9.53 Å². The van der Waals surface area contributed by atoms with Gasteiger partial charge in [0.25, 0.3) is 5.91 Å². The lowest BCUT2D eigenvalue weighted by molar-refractivity contribution is -0.149. The van der Waals surface area contributed by atoms with E-state index in [1.807, 2.05) is 30.3 Å². The summed E-state index contributed by atoms with van der Waals surface area (Å²) in [7, 11) is 0. The van der Waals surface area contributed by atoms with Gasteiger partial charge in [-0.3, -0.25) is 4.79 Å². The van der Waals surface area contributed by atoms with Crippen molar-refractivity contribution in [2.45, 2.75) is 18.6 Å². The zero-order valence-electron chi connectivity index (χ0n) is 11.0. The van der Waals surface area contributed by atoms with Crippen molar-refractivity contribution in [3.05, 3.63) is 42.2 Å². The number of amides is 1. The minimum atomic E-state index is -0.468. The highest BCUT2D eigenvalue weighted by atomic mass is 16.6. The molecule has 1 aromatic heterocycles. The van der Waals surface area contributed by atoms with E-state index in [0.717, 1.165) is 5.69 Å². The number of ether oxygens (including phenoxy) is 1. The number of likely N-dealkylation sites (tertiary alicyclic amines) is 1. The maximum atomic E-state index is 12.4. The highest BCUT2D eigenvalue weighted by Crippen LogP contribution is 2.29. The minimum absolute atomic E-state index is 0.171. The van der Waals surface area contributed by atoms with Gasteiger partial charge >= 0.3 is 5.97 Å². The van der Waals surface area contributed by atoms with Crippen LogP contribution < -0.4 is 0 Å². The Kier molecular flexibility index (Phi) is 2.53. The lowest BCUT2D eigenvalue weighted by Crippen LogP contribution is -2.44. The van der Waals surface area contributed by atoms with Gasteiger partial charge in [0.1, 0.15) is 12.1 Å². The molecule has 2 saturated heterocycles. The third-order valence-corrected chi connectivity index (χ3v) is 3.78. The third kappa shape index (κ3) is 1.89. The third-order valence-electron chi connectivity index (χ3n) is 3.78. The Balaban J connectivity index is 1.59. The number of aromatic nitrogens is 3. The summed E-state index contributed by atoms with van der Waals surface area (Å²) in [6.07, 6.45) is 1.83. The van der Waals surface area contributed by atoms with Crippen LogP contribution in [0.5, 0.6) is 0 Å². The summed E-state index contributed by atoms with van der Waals surface area (Å²) in [6, 6.07) is 8.87. The quantitative estimate of drug-likeness (QED) is 0.746. The van der Waals surface area contributed by atoms with Gasteiger partial charge in [0.05, 0.1) is 18.4 Å². The molecule has 4 rings (SSSR count). The van der Waals surface area contributed by atoms with Gasteiger partial charge in [-0.05, 0) is 12.1 Å². The van der Waals surface area contributed by atoms with Gasteiger partial charge in [-0.15, -0.1) is 5.10 Å². The smallest absolute Gasteiger partial charge is 0.329 e. The Bertz CT molecular complexity index is 712. The maximum Gasteiger partial charge on any atom is 0.329 e. The summed E-state index contributed by atoms with van der Waals surface area (Å²) in [4.78, 5) is 26.9. The van der Waals surface area contributed by atoms with E-state index in [4.69, 9.17) is 4.74 Å². The van der Waals surface area contributed by atoms with Crippen molar-refractivity contribution in [3.8, 4) is 5.69 Å². The fourth-order valence-electron chi connectivity index (χ4n) is 2.77. The van der Waals surface area contributed by atoms with E-state index in [1.54, 1.807) is 0 Å². The molecular formula is C14H12N4O3. The second-order valence-corrected chi connectivity index (χ2v) is 5.12. The molecule has 7 nitrogen and oxygen atoms in total. The van der Waals surface area contributed by atoms with Gasteiger partial charge in [0.15, 0.2) is 5.69 Å². The van der Waals surface area contributed by atoms with Crippen LogP contribution in [0.2, 0.25) is 0 Å². The summed E-state index contributed by atoms with van der Waals surface area (Å²) < 4.78 is 5.08. The van der Waals surface area contributed by atoms with E-state index >= 15 is 0 Å². The number of hydrogen-bond donors (Lipinski definition) is 0. The van der Waals surface area contributed by atoms with E-state index in [2.05, 4.69) is 10.2 Å². The monoisotopic (exact) mass is 284 g/mol. The van der Waals surface area contributed by atoms with Gasteiger partial charge in [0.2, 0.25) is 0 Å². The Morgan fingerprint density at radius 3 is 2.81 bits per heavy atom. The molecule has 7 heteroatoms. The summed E-state index contributed by atoms with van der Waals surface area (Å²) in [5.74, 6) is -0.601. The normalized spacial score (nSPS) is 23.4. The Hall–Kier alpha value is -2.70. The number of morpholine rings is 1. The molecule has 2 fully saturated rings. The average molecular weight is 284 g/mol. The van der Waals surface area contributed by atoms with Crippen LogP contribution in [-0.4, -0.2) is 50.5 Å². The molecule has 0 aliphatic carbocycles. The number of hydrogen-bond acceptors (Lipinski definition) is 5. The molecule has 2 bridgehead atoms. The number of benzene rings is 1. The number of para-hydroxylation sites is 1. The average Bonchev–Trinajstić information content (AvgIpc) is 3.22. The number of rotatable bonds is 2. The van der Waals surface area contributed by atoms with Gasteiger partial charge in [0, 0.05) is 6.42 Å². The fourth-order valence-corrected chi connectivity index (χ4v) is 2.77. The SMILES string of the molecule is O=C1O[C@@H]2C[C@H]1N(C(=O)c1cnn(-c3ccccc3)n1)C2. The first kappa shape index (κ1) is 12.1. The first-order chi connectivity index (χ1) is 10.2.